The van der Waals surface area contributed by atoms with Gasteiger partial charge in [-0.1, -0.05) is 59.8 Å². The van der Waals surface area contributed by atoms with Gasteiger partial charge in [-0.2, -0.15) is 0 Å². The average molecular weight is 372 g/mol. The summed E-state index contributed by atoms with van der Waals surface area (Å²) in [6.45, 7) is 0. The lowest BCUT2D eigenvalue weighted by atomic mass is 10.0. The molecule has 28 heavy (non-hydrogen) atoms. The number of anilines is 1. The second-order valence-corrected chi connectivity index (χ2v) is 6.47. The summed E-state index contributed by atoms with van der Waals surface area (Å²) in [4.78, 5) is 17.9. The number of carbonyl (C=O) groups excluding carboxylic acids is 1. The number of hydrogen-bond acceptors (Lipinski definition) is 4. The van der Waals surface area contributed by atoms with Crippen LogP contribution in [0.15, 0.2) is 84.0 Å². The maximum atomic E-state index is 12.6. The first-order chi connectivity index (χ1) is 13.7. The number of nitrogens with zero attached hydrogens (tertiary/aromatic N) is 1. The third kappa shape index (κ3) is 3.74. The summed E-state index contributed by atoms with van der Waals surface area (Å²) in [5.74, 6) is 0.489. The van der Waals surface area contributed by atoms with Crippen molar-refractivity contribution in [1.29, 1.82) is 0 Å². The van der Waals surface area contributed by atoms with Gasteiger partial charge < -0.3 is 14.9 Å². The number of rotatable bonds is 5. The first-order valence-electron chi connectivity index (χ1n) is 9.07. The van der Waals surface area contributed by atoms with Gasteiger partial charge >= 0.3 is 0 Å². The van der Waals surface area contributed by atoms with Gasteiger partial charge in [0.25, 0.3) is 5.91 Å². The van der Waals surface area contributed by atoms with Crippen molar-refractivity contribution in [3.63, 3.8) is 0 Å². The summed E-state index contributed by atoms with van der Waals surface area (Å²) in [6.07, 6.45) is -0.261. The predicted octanol–water partition coefficient (Wildman–Crippen LogP) is 4.49. The molecule has 4 rings (SSSR count). The number of nitrogens with one attached hydrogen (secondary N) is 1. The van der Waals surface area contributed by atoms with Crippen LogP contribution in [0.25, 0.3) is 11.1 Å². The van der Waals surface area contributed by atoms with Crippen LogP contribution < -0.4 is 10.1 Å². The van der Waals surface area contributed by atoms with Crippen LogP contribution in [0, 0.1) is 0 Å². The highest BCUT2D eigenvalue weighted by atomic mass is 16.6. The SMILES string of the molecule is COc1ccccc1C1=NO[C@H](C(=O)Nc2ccc(-c3ccccc3)cc2)C1. The molecule has 3 aromatic rings. The molecule has 5 nitrogen and oxygen atoms in total. The molecule has 0 radical (unpaired) electrons. The van der Waals surface area contributed by atoms with Crippen LogP contribution in [0.5, 0.6) is 5.75 Å². The van der Waals surface area contributed by atoms with Gasteiger partial charge in [0.05, 0.1) is 12.8 Å². The Morgan fingerprint density at radius 3 is 2.39 bits per heavy atom. The van der Waals surface area contributed by atoms with E-state index in [2.05, 4.69) is 22.6 Å². The van der Waals surface area contributed by atoms with E-state index < -0.39 is 6.10 Å². The van der Waals surface area contributed by atoms with Crippen LogP contribution >= 0.6 is 0 Å². The van der Waals surface area contributed by atoms with Gasteiger partial charge in [-0.05, 0) is 35.4 Å². The standard InChI is InChI=1S/C23H20N2O3/c1-27-21-10-6-5-9-19(21)20-15-22(28-25-20)23(26)24-18-13-11-17(12-14-18)16-7-3-2-4-8-16/h2-14,22H,15H2,1H3,(H,24,26)/t22-/m0/s1. The zero-order valence-electron chi connectivity index (χ0n) is 15.5. The Labute approximate surface area is 163 Å². The van der Waals surface area contributed by atoms with Gasteiger partial charge in [0, 0.05) is 17.7 Å². The van der Waals surface area contributed by atoms with Crippen molar-refractivity contribution < 1.29 is 14.4 Å². The van der Waals surface area contributed by atoms with E-state index in [4.69, 9.17) is 9.57 Å². The summed E-state index contributed by atoms with van der Waals surface area (Å²) >= 11 is 0. The quantitative estimate of drug-likeness (QED) is 0.718. The average Bonchev–Trinajstić information content (AvgIpc) is 3.25. The number of benzene rings is 3. The van der Waals surface area contributed by atoms with E-state index in [0.29, 0.717) is 17.9 Å². The van der Waals surface area contributed by atoms with E-state index in [9.17, 15) is 4.79 Å². The number of hydrogen-bond donors (Lipinski definition) is 1. The summed E-state index contributed by atoms with van der Waals surface area (Å²) in [5.41, 5.74) is 4.50. The Kier molecular flexibility index (Phi) is 5.06. The maximum absolute atomic E-state index is 12.6. The monoisotopic (exact) mass is 372 g/mol. The highest BCUT2D eigenvalue weighted by Gasteiger charge is 2.30. The highest BCUT2D eigenvalue weighted by Crippen LogP contribution is 2.26. The Morgan fingerprint density at radius 1 is 0.964 bits per heavy atom. The van der Waals surface area contributed by atoms with Gasteiger partial charge in [-0.3, -0.25) is 4.79 Å². The van der Waals surface area contributed by atoms with Gasteiger partial charge in [0.1, 0.15) is 5.75 Å². The molecule has 0 fully saturated rings. The summed E-state index contributed by atoms with van der Waals surface area (Å²) < 4.78 is 5.36. The second kappa shape index (κ2) is 7.96. The van der Waals surface area contributed by atoms with Crippen LogP contribution in [0.2, 0.25) is 0 Å². The Bertz CT molecular complexity index is 998. The molecule has 140 valence electrons. The van der Waals surface area contributed by atoms with Crippen LogP contribution in [0.4, 0.5) is 5.69 Å². The molecule has 0 spiro atoms. The third-order valence-corrected chi connectivity index (χ3v) is 4.64. The van der Waals surface area contributed by atoms with Crippen molar-refractivity contribution in [1.82, 2.24) is 0 Å². The van der Waals surface area contributed by atoms with E-state index in [1.165, 1.54) is 0 Å². The van der Waals surface area contributed by atoms with Crippen molar-refractivity contribution in [3.05, 3.63) is 84.4 Å². The minimum atomic E-state index is -0.659. The molecule has 0 bridgehead atoms. The fraction of sp³-hybridized carbons (Fsp3) is 0.130. The zero-order valence-corrected chi connectivity index (χ0v) is 15.5. The molecule has 0 saturated heterocycles. The molecule has 3 aromatic carbocycles. The molecule has 1 amide bonds. The molecule has 0 aliphatic carbocycles. The minimum Gasteiger partial charge on any atom is -0.496 e. The van der Waals surface area contributed by atoms with Crippen molar-refractivity contribution in [2.45, 2.75) is 12.5 Å². The zero-order chi connectivity index (χ0) is 19.3. The van der Waals surface area contributed by atoms with Crippen molar-refractivity contribution >= 4 is 17.3 Å². The van der Waals surface area contributed by atoms with E-state index in [1.807, 2.05) is 66.7 Å². The topological polar surface area (TPSA) is 59.9 Å². The van der Waals surface area contributed by atoms with Crippen LogP contribution in [0.1, 0.15) is 12.0 Å². The Morgan fingerprint density at radius 2 is 1.64 bits per heavy atom. The normalized spacial score (nSPS) is 15.5. The fourth-order valence-corrected chi connectivity index (χ4v) is 3.16. The van der Waals surface area contributed by atoms with E-state index >= 15 is 0 Å². The van der Waals surface area contributed by atoms with E-state index in [-0.39, 0.29) is 5.91 Å². The lowest BCUT2D eigenvalue weighted by Gasteiger charge is -2.10. The first-order valence-corrected chi connectivity index (χ1v) is 9.07. The first kappa shape index (κ1) is 17.8. The van der Waals surface area contributed by atoms with Crippen molar-refractivity contribution in [3.8, 4) is 16.9 Å². The minimum absolute atomic E-state index is 0.221. The summed E-state index contributed by atoms with van der Waals surface area (Å²) in [5, 5.41) is 6.98. The van der Waals surface area contributed by atoms with Crippen LogP contribution in [0.3, 0.4) is 0 Å². The molecule has 1 aliphatic rings. The molecule has 5 heteroatoms. The molecule has 1 heterocycles. The Hall–Kier alpha value is -3.60. The number of amides is 1. The van der Waals surface area contributed by atoms with Crippen molar-refractivity contribution in [2.24, 2.45) is 5.16 Å². The fourth-order valence-electron chi connectivity index (χ4n) is 3.16. The molecule has 1 aliphatic heterocycles. The van der Waals surface area contributed by atoms with E-state index in [1.54, 1.807) is 7.11 Å². The van der Waals surface area contributed by atoms with Crippen LogP contribution in [-0.2, 0) is 9.63 Å². The smallest absolute Gasteiger partial charge is 0.268 e. The highest BCUT2D eigenvalue weighted by molar-refractivity contribution is 6.07. The largest absolute Gasteiger partial charge is 0.496 e. The molecular weight excluding hydrogens is 352 g/mol. The second-order valence-electron chi connectivity index (χ2n) is 6.47. The van der Waals surface area contributed by atoms with Crippen LogP contribution in [-0.4, -0.2) is 24.8 Å². The molecule has 0 unspecified atom stereocenters. The third-order valence-electron chi connectivity index (χ3n) is 4.64. The number of carbonyl (C=O) groups is 1. The predicted molar refractivity (Wildman–Crippen MR) is 110 cm³/mol. The number of ether oxygens (including phenoxy) is 1. The molecule has 1 atom stereocenters. The maximum Gasteiger partial charge on any atom is 0.268 e. The van der Waals surface area contributed by atoms with Gasteiger partial charge in [0.2, 0.25) is 6.10 Å². The number of para-hydroxylation sites is 1. The van der Waals surface area contributed by atoms with Gasteiger partial charge in [0.15, 0.2) is 0 Å². The molecule has 0 aromatic heterocycles. The number of oxime groups is 1. The Balaban J connectivity index is 1.40. The van der Waals surface area contributed by atoms with Gasteiger partial charge in [-0.25, -0.2) is 0 Å². The lowest BCUT2D eigenvalue weighted by molar-refractivity contribution is -0.125. The lowest BCUT2D eigenvalue weighted by Crippen LogP contribution is -2.28. The molecule has 0 saturated carbocycles. The summed E-state index contributed by atoms with van der Waals surface area (Å²) in [6, 6.07) is 25.4. The van der Waals surface area contributed by atoms with E-state index in [0.717, 1.165) is 22.4 Å². The number of methoxy groups -OCH3 is 1. The molecule has 1 N–H and O–H groups in total. The van der Waals surface area contributed by atoms with Gasteiger partial charge in [-0.15, -0.1) is 0 Å². The van der Waals surface area contributed by atoms with Crippen molar-refractivity contribution in [2.75, 3.05) is 12.4 Å². The summed E-state index contributed by atoms with van der Waals surface area (Å²) in [7, 11) is 1.61. The molecular formula is C23H20N2O3.